The molecule has 1 saturated heterocycles. The second-order valence-electron chi connectivity index (χ2n) is 5.31. The molecule has 0 saturated carbocycles. The van der Waals surface area contributed by atoms with Crippen molar-refractivity contribution in [3.63, 3.8) is 0 Å². The number of para-hydroxylation sites is 1. The van der Waals surface area contributed by atoms with Crippen LogP contribution < -0.4 is 16.2 Å². The van der Waals surface area contributed by atoms with Crippen LogP contribution in [0.4, 0.5) is 22.1 Å². The molecule has 4 N–H and O–H groups in total. The van der Waals surface area contributed by atoms with Gasteiger partial charge in [0, 0.05) is 6.54 Å². The van der Waals surface area contributed by atoms with Gasteiger partial charge in [0.05, 0.1) is 13.2 Å². The molecule has 25 heavy (non-hydrogen) atoms. The summed E-state index contributed by atoms with van der Waals surface area (Å²) in [5, 5.41) is 8.10. The van der Waals surface area contributed by atoms with Crippen molar-refractivity contribution in [3.8, 4) is 5.75 Å². The first-order valence-electron chi connectivity index (χ1n) is 7.68. The monoisotopic (exact) mass is 342 g/mol. The van der Waals surface area contributed by atoms with Crippen molar-refractivity contribution in [1.29, 1.82) is 0 Å². The van der Waals surface area contributed by atoms with Crippen LogP contribution in [0, 0.1) is 0 Å². The van der Waals surface area contributed by atoms with E-state index >= 15 is 0 Å². The number of hydrogen-bond acceptors (Lipinski definition) is 8. The number of nitrogens with zero attached hydrogens (tertiary/aromatic N) is 4. The normalized spacial score (nSPS) is 17.6. The minimum atomic E-state index is -0.603. The number of pyridine rings is 1. The summed E-state index contributed by atoms with van der Waals surface area (Å²) in [6, 6.07) is 12.1. The summed E-state index contributed by atoms with van der Waals surface area (Å²) in [6.45, 7) is 0.990. The third-order valence-electron chi connectivity index (χ3n) is 3.47. The first kappa shape index (κ1) is 16.7. The summed E-state index contributed by atoms with van der Waals surface area (Å²) in [4.78, 5) is 17.6. The van der Waals surface area contributed by atoms with Gasteiger partial charge in [-0.1, -0.05) is 18.2 Å². The third kappa shape index (κ3) is 4.42. The zero-order chi connectivity index (χ0) is 17.6. The van der Waals surface area contributed by atoms with Crippen molar-refractivity contribution < 1.29 is 14.3 Å². The molecule has 130 valence electrons. The Morgan fingerprint density at radius 2 is 2.04 bits per heavy atom. The number of rotatable bonds is 3. The minimum absolute atomic E-state index is 0.180. The lowest BCUT2D eigenvalue weighted by molar-refractivity contribution is -0.0186. The second kappa shape index (κ2) is 7.58. The Morgan fingerprint density at radius 3 is 2.80 bits per heavy atom. The highest BCUT2D eigenvalue weighted by atomic mass is 16.6. The van der Waals surface area contributed by atoms with Crippen LogP contribution in [0.5, 0.6) is 5.75 Å². The summed E-state index contributed by atoms with van der Waals surface area (Å²) in [5.41, 5.74) is 11.7. The van der Waals surface area contributed by atoms with Crippen molar-refractivity contribution >= 4 is 23.4 Å². The number of morpholine rings is 1. The van der Waals surface area contributed by atoms with Crippen LogP contribution in [0.1, 0.15) is 0 Å². The van der Waals surface area contributed by atoms with Crippen molar-refractivity contribution in [1.82, 2.24) is 9.88 Å². The van der Waals surface area contributed by atoms with Gasteiger partial charge in [-0.15, -0.1) is 5.11 Å². The van der Waals surface area contributed by atoms with E-state index in [0.29, 0.717) is 30.4 Å². The maximum atomic E-state index is 12.2. The van der Waals surface area contributed by atoms with E-state index in [0.717, 1.165) is 0 Å². The van der Waals surface area contributed by atoms with E-state index in [9.17, 15) is 4.79 Å². The lowest BCUT2D eigenvalue weighted by Crippen LogP contribution is -2.46. The predicted molar refractivity (Wildman–Crippen MR) is 91.4 cm³/mol. The van der Waals surface area contributed by atoms with Crippen LogP contribution in [-0.2, 0) is 4.74 Å². The Bertz CT molecular complexity index is 768. The van der Waals surface area contributed by atoms with E-state index in [1.54, 1.807) is 36.4 Å². The Morgan fingerprint density at radius 1 is 1.24 bits per heavy atom. The van der Waals surface area contributed by atoms with E-state index in [4.69, 9.17) is 20.9 Å². The Kier molecular flexibility index (Phi) is 5.05. The number of amides is 1. The van der Waals surface area contributed by atoms with Crippen LogP contribution >= 0.6 is 0 Å². The predicted octanol–water partition coefficient (Wildman–Crippen LogP) is 2.19. The molecule has 1 unspecified atom stereocenters. The highest BCUT2D eigenvalue weighted by Crippen LogP contribution is 2.22. The number of benzene rings is 1. The molecule has 0 spiro atoms. The molecule has 1 aliphatic heterocycles. The molecule has 0 radical (unpaired) electrons. The van der Waals surface area contributed by atoms with Gasteiger partial charge in [0.2, 0.25) is 0 Å². The van der Waals surface area contributed by atoms with Crippen LogP contribution in [0.2, 0.25) is 0 Å². The van der Waals surface area contributed by atoms with Crippen LogP contribution in [-0.4, -0.2) is 41.9 Å². The van der Waals surface area contributed by atoms with Gasteiger partial charge in [-0.2, -0.15) is 5.11 Å². The fourth-order valence-electron chi connectivity index (χ4n) is 2.22. The van der Waals surface area contributed by atoms with E-state index in [-0.39, 0.29) is 12.4 Å². The molecule has 3 rings (SSSR count). The van der Waals surface area contributed by atoms with E-state index in [1.165, 1.54) is 4.90 Å². The van der Waals surface area contributed by atoms with Gasteiger partial charge in [-0.05, 0) is 24.3 Å². The lowest BCUT2D eigenvalue weighted by atomic mass is 10.3. The number of nitrogen functional groups attached to an aromatic ring is 2. The standard InChI is InChI=1S/C16H18N6O3/c17-13-7-6-12(15(18)19-13)20-21-14-10-22(8-9-24-14)16(23)25-11-4-2-1-3-5-11/h1-7,14H,8-10H2,(H4,17,18,19). The molecule has 0 bridgehead atoms. The molecule has 2 heterocycles. The van der Waals surface area contributed by atoms with E-state index in [1.807, 2.05) is 6.07 Å². The smallest absolute Gasteiger partial charge is 0.410 e. The topological polar surface area (TPSA) is 128 Å². The molecule has 0 aliphatic carbocycles. The number of carbonyl (C=O) groups is 1. The number of anilines is 2. The third-order valence-corrected chi connectivity index (χ3v) is 3.47. The SMILES string of the molecule is Nc1ccc(N=NC2CN(C(=O)Oc3ccccc3)CCO2)c(N)n1. The molecule has 1 fully saturated rings. The fourth-order valence-corrected chi connectivity index (χ4v) is 2.22. The first-order valence-corrected chi connectivity index (χ1v) is 7.68. The number of carbonyl (C=O) groups excluding carboxylic acids is 1. The highest BCUT2D eigenvalue weighted by molar-refractivity contribution is 5.70. The van der Waals surface area contributed by atoms with Crippen molar-refractivity contribution in [2.24, 2.45) is 10.2 Å². The number of nitrogens with two attached hydrogens (primary N) is 2. The molecule has 1 atom stereocenters. The van der Waals surface area contributed by atoms with Gasteiger partial charge in [0.15, 0.2) is 12.0 Å². The van der Waals surface area contributed by atoms with Gasteiger partial charge in [-0.25, -0.2) is 9.78 Å². The summed E-state index contributed by atoms with van der Waals surface area (Å²) in [7, 11) is 0. The van der Waals surface area contributed by atoms with Gasteiger partial charge in [0.1, 0.15) is 17.3 Å². The van der Waals surface area contributed by atoms with Crippen molar-refractivity contribution in [3.05, 3.63) is 42.5 Å². The molecular formula is C16H18N6O3. The minimum Gasteiger partial charge on any atom is -0.410 e. The number of azo groups is 1. The van der Waals surface area contributed by atoms with Gasteiger partial charge < -0.3 is 25.8 Å². The zero-order valence-corrected chi connectivity index (χ0v) is 13.4. The summed E-state index contributed by atoms with van der Waals surface area (Å²) >= 11 is 0. The summed E-state index contributed by atoms with van der Waals surface area (Å²) in [5.74, 6) is 0.970. The Hall–Kier alpha value is -3.20. The molecule has 9 nitrogen and oxygen atoms in total. The van der Waals surface area contributed by atoms with Crippen molar-refractivity contribution in [2.75, 3.05) is 31.2 Å². The van der Waals surface area contributed by atoms with E-state index in [2.05, 4.69) is 15.2 Å². The molecule has 9 heteroatoms. The van der Waals surface area contributed by atoms with Crippen LogP contribution in [0.15, 0.2) is 52.7 Å². The zero-order valence-electron chi connectivity index (χ0n) is 13.4. The van der Waals surface area contributed by atoms with Gasteiger partial charge >= 0.3 is 6.09 Å². The average Bonchev–Trinajstić information content (AvgIpc) is 2.62. The maximum Gasteiger partial charge on any atom is 0.415 e. The quantitative estimate of drug-likeness (QED) is 0.823. The van der Waals surface area contributed by atoms with Gasteiger partial charge in [-0.3, -0.25) is 0 Å². The summed E-state index contributed by atoms with van der Waals surface area (Å²) < 4.78 is 10.8. The molecule has 2 aromatic rings. The molecule has 1 aromatic carbocycles. The van der Waals surface area contributed by atoms with Crippen LogP contribution in [0.3, 0.4) is 0 Å². The number of ether oxygens (including phenoxy) is 2. The largest absolute Gasteiger partial charge is 0.415 e. The second-order valence-corrected chi connectivity index (χ2v) is 5.31. The van der Waals surface area contributed by atoms with Crippen LogP contribution in [0.25, 0.3) is 0 Å². The maximum absolute atomic E-state index is 12.2. The highest BCUT2D eigenvalue weighted by Gasteiger charge is 2.25. The molecule has 1 aliphatic rings. The molecule has 1 amide bonds. The lowest BCUT2D eigenvalue weighted by Gasteiger charge is -2.29. The van der Waals surface area contributed by atoms with E-state index < -0.39 is 12.3 Å². The number of aromatic nitrogens is 1. The average molecular weight is 342 g/mol. The molecule has 1 aromatic heterocycles. The fraction of sp³-hybridized carbons (Fsp3) is 0.250. The first-order chi connectivity index (χ1) is 12.1. The Labute approximate surface area is 144 Å². The van der Waals surface area contributed by atoms with Gasteiger partial charge in [0.25, 0.3) is 0 Å². The Balaban J connectivity index is 1.60. The molecular weight excluding hydrogens is 324 g/mol. The summed E-state index contributed by atoms with van der Waals surface area (Å²) in [6.07, 6.45) is -1.06. The van der Waals surface area contributed by atoms with Crippen molar-refractivity contribution in [2.45, 2.75) is 6.23 Å². The number of hydrogen-bond donors (Lipinski definition) is 2.